The third-order valence-electron chi connectivity index (χ3n) is 2.60. The van der Waals surface area contributed by atoms with Crippen LogP contribution in [0.5, 0.6) is 5.75 Å². The van der Waals surface area contributed by atoms with Crippen molar-refractivity contribution in [2.75, 3.05) is 6.61 Å². The van der Waals surface area contributed by atoms with Crippen molar-refractivity contribution in [2.24, 2.45) is 0 Å². The summed E-state index contributed by atoms with van der Waals surface area (Å²) >= 11 is 3.17. The van der Waals surface area contributed by atoms with Crippen molar-refractivity contribution in [2.45, 2.75) is 13.0 Å². The summed E-state index contributed by atoms with van der Waals surface area (Å²) in [5, 5.41) is 2.74. The van der Waals surface area contributed by atoms with Crippen LogP contribution in [0, 0.1) is 5.82 Å². The fraction of sp³-hybridized carbons (Fsp3) is 0.214. The number of benzene rings is 1. The number of amides is 1. The summed E-state index contributed by atoms with van der Waals surface area (Å²) in [4.78, 5) is 11.7. The monoisotopic (exact) mass is 341 g/mol. The molecule has 0 saturated heterocycles. The molecule has 2 rings (SSSR count). The summed E-state index contributed by atoms with van der Waals surface area (Å²) in [6.45, 7) is 1.65. The minimum absolute atomic E-state index is 0.157. The summed E-state index contributed by atoms with van der Waals surface area (Å²) in [5.74, 6) is 0.416. The number of rotatable bonds is 5. The van der Waals surface area contributed by atoms with E-state index in [1.54, 1.807) is 18.4 Å². The minimum atomic E-state index is -0.375. The highest BCUT2D eigenvalue weighted by molar-refractivity contribution is 9.10. The average Bonchev–Trinajstić information content (AvgIpc) is 2.91. The van der Waals surface area contributed by atoms with Crippen molar-refractivity contribution in [3.05, 3.63) is 52.6 Å². The topological polar surface area (TPSA) is 51.5 Å². The van der Waals surface area contributed by atoms with Crippen LogP contribution in [0.1, 0.15) is 18.7 Å². The van der Waals surface area contributed by atoms with Crippen LogP contribution in [0.25, 0.3) is 0 Å². The third kappa shape index (κ3) is 3.84. The SMILES string of the molecule is C[C@H](NC(=O)COc1ccc(F)cc1Br)c1ccco1. The van der Waals surface area contributed by atoms with Crippen molar-refractivity contribution in [1.82, 2.24) is 5.32 Å². The second-order valence-corrected chi connectivity index (χ2v) is 5.02. The Morgan fingerprint density at radius 2 is 2.30 bits per heavy atom. The predicted molar refractivity (Wildman–Crippen MR) is 74.9 cm³/mol. The van der Waals surface area contributed by atoms with Gasteiger partial charge in [-0.3, -0.25) is 4.79 Å². The maximum Gasteiger partial charge on any atom is 0.258 e. The molecule has 0 saturated carbocycles. The quantitative estimate of drug-likeness (QED) is 0.906. The third-order valence-corrected chi connectivity index (χ3v) is 3.22. The van der Waals surface area contributed by atoms with Crippen molar-refractivity contribution in [3.8, 4) is 5.75 Å². The maximum atomic E-state index is 12.9. The Labute approximate surface area is 124 Å². The summed E-state index contributed by atoms with van der Waals surface area (Å²) in [6, 6.07) is 7.30. The molecular formula is C14H13BrFNO3. The van der Waals surface area contributed by atoms with Gasteiger partial charge in [0.1, 0.15) is 17.3 Å². The zero-order valence-corrected chi connectivity index (χ0v) is 12.3. The van der Waals surface area contributed by atoms with Gasteiger partial charge in [-0.05, 0) is 53.2 Å². The van der Waals surface area contributed by atoms with Crippen molar-refractivity contribution >= 4 is 21.8 Å². The van der Waals surface area contributed by atoms with Gasteiger partial charge < -0.3 is 14.5 Å². The van der Waals surface area contributed by atoms with Crippen LogP contribution in [-0.2, 0) is 4.79 Å². The number of carbonyl (C=O) groups excluding carboxylic acids is 1. The number of hydrogen-bond acceptors (Lipinski definition) is 3. The Balaban J connectivity index is 1.86. The zero-order chi connectivity index (χ0) is 14.5. The lowest BCUT2D eigenvalue weighted by molar-refractivity contribution is -0.123. The summed E-state index contributed by atoms with van der Waals surface area (Å²) < 4.78 is 23.9. The molecule has 1 aromatic carbocycles. The van der Waals surface area contributed by atoms with Gasteiger partial charge in [0.2, 0.25) is 0 Å². The fourth-order valence-electron chi connectivity index (χ4n) is 1.63. The van der Waals surface area contributed by atoms with Crippen LogP contribution in [0.3, 0.4) is 0 Å². The van der Waals surface area contributed by atoms with Crippen LogP contribution >= 0.6 is 15.9 Å². The van der Waals surface area contributed by atoms with Crippen molar-refractivity contribution < 1.29 is 18.3 Å². The Kier molecular flexibility index (Phi) is 4.79. The maximum absolute atomic E-state index is 12.9. The second kappa shape index (κ2) is 6.56. The summed E-state index contributed by atoms with van der Waals surface area (Å²) in [6.07, 6.45) is 1.55. The fourth-order valence-corrected chi connectivity index (χ4v) is 2.09. The van der Waals surface area contributed by atoms with E-state index in [0.29, 0.717) is 16.0 Å². The molecule has 1 aromatic heterocycles. The molecule has 1 N–H and O–H groups in total. The van der Waals surface area contributed by atoms with E-state index in [2.05, 4.69) is 21.2 Å². The predicted octanol–water partition coefficient (Wildman–Crippen LogP) is 3.44. The molecule has 0 bridgehead atoms. The molecule has 0 spiro atoms. The van der Waals surface area contributed by atoms with Gasteiger partial charge in [0.15, 0.2) is 6.61 Å². The van der Waals surface area contributed by atoms with Gasteiger partial charge in [-0.1, -0.05) is 0 Å². The molecule has 1 heterocycles. The molecule has 20 heavy (non-hydrogen) atoms. The van der Waals surface area contributed by atoms with Crippen LogP contribution in [-0.4, -0.2) is 12.5 Å². The molecule has 2 aromatic rings. The van der Waals surface area contributed by atoms with Crippen LogP contribution in [0.4, 0.5) is 4.39 Å². The Morgan fingerprint density at radius 1 is 1.50 bits per heavy atom. The highest BCUT2D eigenvalue weighted by Gasteiger charge is 2.12. The number of nitrogens with one attached hydrogen (secondary N) is 1. The number of carbonyl (C=O) groups is 1. The van der Waals surface area contributed by atoms with Gasteiger partial charge in [0.25, 0.3) is 5.91 Å². The Morgan fingerprint density at radius 3 is 2.95 bits per heavy atom. The molecule has 0 aliphatic rings. The molecule has 0 aliphatic carbocycles. The number of hydrogen-bond donors (Lipinski definition) is 1. The second-order valence-electron chi connectivity index (χ2n) is 4.17. The van der Waals surface area contributed by atoms with Gasteiger partial charge in [0.05, 0.1) is 16.8 Å². The minimum Gasteiger partial charge on any atom is -0.483 e. The first-order valence-electron chi connectivity index (χ1n) is 5.97. The Bertz CT molecular complexity index is 586. The van der Waals surface area contributed by atoms with Gasteiger partial charge in [-0.15, -0.1) is 0 Å². The van der Waals surface area contributed by atoms with E-state index in [1.165, 1.54) is 18.2 Å². The van der Waals surface area contributed by atoms with E-state index in [-0.39, 0.29) is 24.4 Å². The highest BCUT2D eigenvalue weighted by atomic mass is 79.9. The van der Waals surface area contributed by atoms with Gasteiger partial charge >= 0.3 is 0 Å². The Hall–Kier alpha value is -1.82. The molecule has 1 atom stereocenters. The van der Waals surface area contributed by atoms with Gasteiger partial charge in [-0.25, -0.2) is 4.39 Å². The molecule has 0 radical (unpaired) electrons. The molecule has 0 fully saturated rings. The summed E-state index contributed by atoms with van der Waals surface area (Å²) in [7, 11) is 0. The molecule has 106 valence electrons. The number of furan rings is 1. The first kappa shape index (κ1) is 14.6. The molecule has 1 amide bonds. The van der Waals surface area contributed by atoms with Gasteiger partial charge in [0, 0.05) is 0 Å². The largest absolute Gasteiger partial charge is 0.483 e. The van der Waals surface area contributed by atoms with E-state index in [4.69, 9.17) is 9.15 Å². The lowest BCUT2D eigenvalue weighted by Gasteiger charge is -2.12. The number of halogens is 2. The first-order chi connectivity index (χ1) is 9.56. The van der Waals surface area contributed by atoms with E-state index in [9.17, 15) is 9.18 Å². The van der Waals surface area contributed by atoms with Crippen LogP contribution in [0.15, 0.2) is 45.5 Å². The van der Waals surface area contributed by atoms with Crippen molar-refractivity contribution in [3.63, 3.8) is 0 Å². The molecule has 0 unspecified atom stereocenters. The molecular weight excluding hydrogens is 329 g/mol. The number of ether oxygens (including phenoxy) is 1. The highest BCUT2D eigenvalue weighted by Crippen LogP contribution is 2.25. The lowest BCUT2D eigenvalue weighted by atomic mass is 10.2. The lowest BCUT2D eigenvalue weighted by Crippen LogP contribution is -2.31. The van der Waals surface area contributed by atoms with E-state index < -0.39 is 0 Å². The van der Waals surface area contributed by atoms with Gasteiger partial charge in [-0.2, -0.15) is 0 Å². The van der Waals surface area contributed by atoms with E-state index in [1.807, 2.05) is 6.92 Å². The van der Waals surface area contributed by atoms with E-state index >= 15 is 0 Å². The average molecular weight is 342 g/mol. The van der Waals surface area contributed by atoms with Crippen LogP contribution in [0.2, 0.25) is 0 Å². The normalized spacial score (nSPS) is 11.9. The zero-order valence-electron chi connectivity index (χ0n) is 10.7. The van der Waals surface area contributed by atoms with Crippen molar-refractivity contribution in [1.29, 1.82) is 0 Å². The molecule has 4 nitrogen and oxygen atoms in total. The summed E-state index contributed by atoms with van der Waals surface area (Å²) in [5.41, 5.74) is 0. The molecule has 0 aliphatic heterocycles. The molecule has 6 heteroatoms. The standard InChI is InChI=1S/C14H13BrFNO3/c1-9(12-3-2-6-19-12)17-14(18)8-20-13-5-4-10(16)7-11(13)15/h2-7,9H,8H2,1H3,(H,17,18)/t9-/m0/s1. The van der Waals surface area contributed by atoms with Crippen LogP contribution < -0.4 is 10.1 Å². The smallest absolute Gasteiger partial charge is 0.258 e. The first-order valence-corrected chi connectivity index (χ1v) is 6.76. The van der Waals surface area contributed by atoms with E-state index in [0.717, 1.165) is 0 Å².